The summed E-state index contributed by atoms with van der Waals surface area (Å²) in [5.74, 6) is 1.42. The molecule has 7 heteroatoms. The highest BCUT2D eigenvalue weighted by molar-refractivity contribution is 14.0. The Morgan fingerprint density at radius 3 is 2.68 bits per heavy atom. The van der Waals surface area contributed by atoms with E-state index >= 15 is 0 Å². The molecule has 1 saturated heterocycles. The molecule has 158 valence electrons. The van der Waals surface area contributed by atoms with Crippen molar-refractivity contribution < 1.29 is 4.79 Å². The SMILES string of the molecule is CCNC(=NCC1CC(=O)N(CCc2ccccc2)C1)NCCCN(C)C.I. The second kappa shape index (κ2) is 13.8. The molecule has 0 saturated carbocycles. The lowest BCUT2D eigenvalue weighted by molar-refractivity contribution is -0.127. The van der Waals surface area contributed by atoms with E-state index in [0.29, 0.717) is 18.9 Å². The molecule has 28 heavy (non-hydrogen) atoms. The van der Waals surface area contributed by atoms with Gasteiger partial charge in [-0.2, -0.15) is 0 Å². The van der Waals surface area contributed by atoms with Gasteiger partial charge in [0.15, 0.2) is 5.96 Å². The quantitative estimate of drug-likeness (QED) is 0.224. The number of carbonyl (C=O) groups excluding carboxylic acids is 1. The smallest absolute Gasteiger partial charge is 0.223 e. The van der Waals surface area contributed by atoms with Gasteiger partial charge in [-0.05, 0) is 46.0 Å². The van der Waals surface area contributed by atoms with Crippen molar-refractivity contribution in [2.75, 3.05) is 53.4 Å². The standard InChI is InChI=1S/C21H35N5O.HI/c1-4-22-21(23-12-8-13-25(2)3)24-16-19-15-20(27)26(17-19)14-11-18-9-6-5-7-10-18;/h5-7,9-10,19H,4,8,11-17H2,1-3H3,(H2,22,23,24);1H. The monoisotopic (exact) mass is 501 g/mol. The minimum Gasteiger partial charge on any atom is -0.357 e. The van der Waals surface area contributed by atoms with E-state index in [2.05, 4.69) is 48.7 Å². The molecule has 1 atom stereocenters. The number of likely N-dealkylation sites (tertiary alicyclic amines) is 1. The largest absolute Gasteiger partial charge is 0.357 e. The molecule has 6 nitrogen and oxygen atoms in total. The Labute approximate surface area is 187 Å². The van der Waals surface area contributed by atoms with Crippen molar-refractivity contribution in [1.29, 1.82) is 0 Å². The molecule has 1 fully saturated rings. The summed E-state index contributed by atoms with van der Waals surface area (Å²) in [5.41, 5.74) is 1.28. The molecule has 1 heterocycles. The second-order valence-corrected chi connectivity index (χ2v) is 7.45. The second-order valence-electron chi connectivity index (χ2n) is 7.45. The van der Waals surface area contributed by atoms with Crippen molar-refractivity contribution in [3.05, 3.63) is 35.9 Å². The first-order valence-corrected chi connectivity index (χ1v) is 10.1. The van der Waals surface area contributed by atoms with Crippen molar-refractivity contribution in [2.45, 2.75) is 26.2 Å². The fraction of sp³-hybridized carbons (Fsp3) is 0.619. The van der Waals surface area contributed by atoms with Crippen LogP contribution in [0.1, 0.15) is 25.3 Å². The average Bonchev–Trinajstić information content (AvgIpc) is 3.02. The summed E-state index contributed by atoms with van der Waals surface area (Å²) in [7, 11) is 4.17. The molecule has 0 spiro atoms. The first-order valence-electron chi connectivity index (χ1n) is 10.1. The maximum atomic E-state index is 12.3. The van der Waals surface area contributed by atoms with Crippen molar-refractivity contribution in [3.8, 4) is 0 Å². The highest BCUT2D eigenvalue weighted by Gasteiger charge is 2.28. The van der Waals surface area contributed by atoms with Crippen LogP contribution in [0, 0.1) is 5.92 Å². The summed E-state index contributed by atoms with van der Waals surface area (Å²) in [6, 6.07) is 10.4. The van der Waals surface area contributed by atoms with E-state index in [-0.39, 0.29) is 29.9 Å². The molecule has 0 aromatic heterocycles. The third-order valence-electron chi connectivity index (χ3n) is 4.73. The van der Waals surface area contributed by atoms with Gasteiger partial charge in [0.2, 0.25) is 5.91 Å². The first-order chi connectivity index (χ1) is 13.1. The highest BCUT2D eigenvalue weighted by atomic mass is 127. The van der Waals surface area contributed by atoms with E-state index in [9.17, 15) is 4.79 Å². The number of hydrogen-bond donors (Lipinski definition) is 2. The normalized spacial score (nSPS) is 17.0. The van der Waals surface area contributed by atoms with Gasteiger partial charge in [0.1, 0.15) is 0 Å². The zero-order valence-corrected chi connectivity index (χ0v) is 19.8. The highest BCUT2D eigenvalue weighted by Crippen LogP contribution is 2.18. The lowest BCUT2D eigenvalue weighted by Gasteiger charge is -2.17. The third kappa shape index (κ3) is 9.23. The van der Waals surface area contributed by atoms with Crippen LogP contribution in [0.3, 0.4) is 0 Å². The third-order valence-corrected chi connectivity index (χ3v) is 4.73. The number of hydrogen-bond acceptors (Lipinski definition) is 3. The van der Waals surface area contributed by atoms with Gasteiger partial charge in [0, 0.05) is 45.1 Å². The molecule has 1 aliphatic rings. The predicted octanol–water partition coefficient (Wildman–Crippen LogP) is 2.20. The van der Waals surface area contributed by atoms with E-state index in [0.717, 1.165) is 51.5 Å². The van der Waals surface area contributed by atoms with Crippen LogP contribution < -0.4 is 10.6 Å². The number of rotatable bonds is 10. The number of halogens is 1. The summed E-state index contributed by atoms with van der Waals surface area (Å²) in [6.07, 6.45) is 2.60. The number of benzene rings is 1. The lowest BCUT2D eigenvalue weighted by atomic mass is 10.1. The topological polar surface area (TPSA) is 60.0 Å². The fourth-order valence-electron chi connectivity index (χ4n) is 3.27. The van der Waals surface area contributed by atoms with E-state index in [1.807, 2.05) is 23.1 Å². The zero-order valence-electron chi connectivity index (χ0n) is 17.5. The Morgan fingerprint density at radius 1 is 1.25 bits per heavy atom. The molecule has 1 unspecified atom stereocenters. The predicted molar refractivity (Wildman–Crippen MR) is 127 cm³/mol. The summed E-state index contributed by atoms with van der Waals surface area (Å²) in [5, 5.41) is 6.67. The van der Waals surface area contributed by atoms with Crippen LogP contribution in [-0.4, -0.2) is 75.0 Å². The van der Waals surface area contributed by atoms with Crippen molar-refractivity contribution in [1.82, 2.24) is 20.4 Å². The molecule has 0 bridgehead atoms. The summed E-state index contributed by atoms with van der Waals surface area (Å²) < 4.78 is 0. The zero-order chi connectivity index (χ0) is 19.5. The number of carbonyl (C=O) groups is 1. The van der Waals surface area contributed by atoms with Gasteiger partial charge in [0.05, 0.1) is 0 Å². The fourth-order valence-corrected chi connectivity index (χ4v) is 3.27. The average molecular weight is 501 g/mol. The van der Waals surface area contributed by atoms with Crippen LogP contribution in [0.5, 0.6) is 0 Å². The summed E-state index contributed by atoms with van der Waals surface area (Å²) in [4.78, 5) is 21.2. The van der Waals surface area contributed by atoms with Gasteiger partial charge >= 0.3 is 0 Å². The van der Waals surface area contributed by atoms with Gasteiger partial charge in [-0.25, -0.2) is 0 Å². The van der Waals surface area contributed by atoms with Crippen LogP contribution in [0.2, 0.25) is 0 Å². The molecule has 1 aromatic carbocycles. The Kier molecular flexibility index (Phi) is 12.1. The van der Waals surface area contributed by atoms with Gasteiger partial charge < -0.3 is 20.4 Å². The van der Waals surface area contributed by atoms with Gasteiger partial charge in [-0.1, -0.05) is 30.3 Å². The summed E-state index contributed by atoms with van der Waals surface area (Å²) >= 11 is 0. The van der Waals surface area contributed by atoms with Gasteiger partial charge in [-0.15, -0.1) is 24.0 Å². The van der Waals surface area contributed by atoms with Crippen LogP contribution in [0.25, 0.3) is 0 Å². The van der Waals surface area contributed by atoms with E-state index in [1.165, 1.54) is 5.56 Å². The summed E-state index contributed by atoms with van der Waals surface area (Å²) in [6.45, 7) is 7.17. The van der Waals surface area contributed by atoms with Gasteiger partial charge in [0.25, 0.3) is 0 Å². The maximum absolute atomic E-state index is 12.3. The van der Waals surface area contributed by atoms with Crippen LogP contribution in [-0.2, 0) is 11.2 Å². The van der Waals surface area contributed by atoms with E-state index < -0.39 is 0 Å². The molecular formula is C21H36IN5O. The molecule has 1 aromatic rings. The molecule has 0 radical (unpaired) electrons. The van der Waals surface area contributed by atoms with Crippen LogP contribution >= 0.6 is 24.0 Å². The Hall–Kier alpha value is -1.35. The van der Waals surface area contributed by atoms with Crippen molar-refractivity contribution in [3.63, 3.8) is 0 Å². The number of nitrogens with one attached hydrogen (secondary N) is 2. The number of guanidine groups is 1. The first kappa shape index (κ1) is 24.7. The molecule has 2 N–H and O–H groups in total. The number of nitrogens with zero attached hydrogens (tertiary/aromatic N) is 3. The Bertz CT molecular complexity index is 594. The van der Waals surface area contributed by atoms with E-state index in [4.69, 9.17) is 4.99 Å². The van der Waals surface area contributed by atoms with Crippen LogP contribution in [0.4, 0.5) is 0 Å². The maximum Gasteiger partial charge on any atom is 0.223 e. The molecule has 0 aliphatic carbocycles. The van der Waals surface area contributed by atoms with Crippen molar-refractivity contribution >= 4 is 35.8 Å². The Balaban J connectivity index is 0.00000392. The lowest BCUT2D eigenvalue weighted by Crippen LogP contribution is -2.39. The van der Waals surface area contributed by atoms with E-state index in [1.54, 1.807) is 0 Å². The van der Waals surface area contributed by atoms with Crippen molar-refractivity contribution in [2.24, 2.45) is 10.9 Å². The molecule has 1 amide bonds. The molecule has 2 rings (SSSR count). The Morgan fingerprint density at radius 2 is 2.00 bits per heavy atom. The minimum absolute atomic E-state index is 0. The molecule has 1 aliphatic heterocycles. The molecular weight excluding hydrogens is 465 g/mol. The number of amides is 1. The van der Waals surface area contributed by atoms with Gasteiger partial charge in [-0.3, -0.25) is 9.79 Å². The number of aliphatic imine (C=N–C) groups is 1. The van der Waals surface area contributed by atoms with Crippen LogP contribution in [0.15, 0.2) is 35.3 Å². The minimum atomic E-state index is 0.